The van der Waals surface area contributed by atoms with Crippen molar-refractivity contribution in [2.45, 2.75) is 51.4 Å². The fourth-order valence-corrected chi connectivity index (χ4v) is 3.10. The number of nitrogens with one attached hydrogen (secondary N) is 2. The third-order valence-corrected chi connectivity index (χ3v) is 4.53. The Morgan fingerprint density at radius 3 is 2.86 bits per heavy atom. The van der Waals surface area contributed by atoms with Crippen LogP contribution in [0.1, 0.15) is 50.7 Å². The molecule has 1 saturated heterocycles. The Labute approximate surface area is 168 Å². The van der Waals surface area contributed by atoms with Crippen molar-refractivity contribution in [2.75, 3.05) is 26.3 Å². The number of nitro groups is 1. The van der Waals surface area contributed by atoms with E-state index in [9.17, 15) is 24.4 Å². The molecule has 29 heavy (non-hydrogen) atoms. The first-order valence-corrected chi connectivity index (χ1v) is 9.79. The molecular weight excluding hydrogens is 385 g/mol. The van der Waals surface area contributed by atoms with E-state index in [0.29, 0.717) is 26.0 Å². The summed E-state index contributed by atoms with van der Waals surface area (Å²) < 4.78 is 24.7. The van der Waals surface area contributed by atoms with Crippen molar-refractivity contribution in [1.29, 1.82) is 0 Å². The second kappa shape index (κ2) is 11.6. The molecule has 1 aromatic carbocycles. The first kappa shape index (κ1) is 23.0. The van der Waals surface area contributed by atoms with Gasteiger partial charge in [-0.15, -0.1) is 0 Å². The van der Waals surface area contributed by atoms with Gasteiger partial charge in [-0.3, -0.25) is 14.9 Å². The molecule has 0 aromatic heterocycles. The van der Waals surface area contributed by atoms with Gasteiger partial charge in [-0.1, -0.05) is 12.8 Å². The minimum atomic E-state index is -1.32. The summed E-state index contributed by atoms with van der Waals surface area (Å²) in [5.74, 6) is -0.956. The lowest BCUT2D eigenvalue weighted by Crippen LogP contribution is -2.48. The van der Waals surface area contributed by atoms with Crippen molar-refractivity contribution in [2.24, 2.45) is 0 Å². The number of aliphatic hydroxyl groups is 1. The van der Waals surface area contributed by atoms with Gasteiger partial charge in [0.1, 0.15) is 12.0 Å². The predicted molar refractivity (Wildman–Crippen MR) is 103 cm³/mol. The molecule has 1 aliphatic heterocycles. The van der Waals surface area contributed by atoms with Gasteiger partial charge >= 0.3 is 5.69 Å². The van der Waals surface area contributed by atoms with Crippen molar-refractivity contribution in [1.82, 2.24) is 10.6 Å². The number of nitrogens with zero attached hydrogens (tertiary/aromatic N) is 1. The lowest BCUT2D eigenvalue weighted by molar-refractivity contribution is -0.387. The number of rotatable bonds is 11. The smallest absolute Gasteiger partial charge is 0.319 e. The molecule has 1 heterocycles. The van der Waals surface area contributed by atoms with E-state index in [1.54, 1.807) is 0 Å². The molecule has 0 radical (unpaired) electrons. The van der Waals surface area contributed by atoms with Crippen molar-refractivity contribution < 1.29 is 28.7 Å². The molecule has 1 aromatic rings. The van der Waals surface area contributed by atoms with Gasteiger partial charge in [-0.05, 0) is 31.9 Å². The van der Waals surface area contributed by atoms with Gasteiger partial charge in [0.15, 0.2) is 5.75 Å². The van der Waals surface area contributed by atoms with E-state index in [4.69, 9.17) is 9.47 Å². The molecule has 2 rings (SSSR count). The normalized spacial score (nSPS) is 17.6. The summed E-state index contributed by atoms with van der Waals surface area (Å²) >= 11 is 0. The second-order valence-electron chi connectivity index (χ2n) is 6.88. The molecule has 9 nitrogen and oxygen atoms in total. The van der Waals surface area contributed by atoms with Crippen molar-refractivity contribution in [3.63, 3.8) is 0 Å². The van der Waals surface area contributed by atoms with Crippen LogP contribution < -0.4 is 15.4 Å². The average molecular weight is 413 g/mol. The number of carbonyl (C=O) groups excluding carboxylic acids is 1. The molecule has 1 amide bonds. The van der Waals surface area contributed by atoms with Gasteiger partial charge in [-0.25, -0.2) is 4.39 Å². The Morgan fingerprint density at radius 2 is 2.21 bits per heavy atom. The maximum absolute atomic E-state index is 13.8. The quantitative estimate of drug-likeness (QED) is 0.289. The zero-order valence-corrected chi connectivity index (χ0v) is 16.5. The van der Waals surface area contributed by atoms with Crippen LogP contribution in [-0.4, -0.2) is 48.5 Å². The van der Waals surface area contributed by atoms with E-state index in [0.717, 1.165) is 31.9 Å². The average Bonchev–Trinajstić information content (AvgIpc) is 2.68. The van der Waals surface area contributed by atoms with Crippen LogP contribution in [0.25, 0.3) is 0 Å². The lowest BCUT2D eigenvalue weighted by Gasteiger charge is -2.24. The van der Waals surface area contributed by atoms with Crippen LogP contribution >= 0.6 is 0 Å². The van der Waals surface area contributed by atoms with Gasteiger partial charge in [0, 0.05) is 19.5 Å². The zero-order valence-electron chi connectivity index (χ0n) is 16.5. The molecule has 2 unspecified atom stereocenters. The molecule has 0 saturated carbocycles. The highest BCUT2D eigenvalue weighted by Gasteiger charge is 2.27. The maximum Gasteiger partial charge on any atom is 0.319 e. The maximum atomic E-state index is 13.8. The van der Waals surface area contributed by atoms with E-state index in [1.165, 1.54) is 13.0 Å². The molecule has 0 aliphatic carbocycles. The number of halogens is 1. The Balaban J connectivity index is 1.68. The molecule has 162 valence electrons. The number of nitro benzene ring substituents is 1. The van der Waals surface area contributed by atoms with Gasteiger partial charge in [0.2, 0.25) is 5.91 Å². The van der Waals surface area contributed by atoms with Crippen LogP contribution in [0.2, 0.25) is 0 Å². The third-order valence-electron chi connectivity index (χ3n) is 4.53. The fourth-order valence-electron chi connectivity index (χ4n) is 3.10. The Morgan fingerprint density at radius 1 is 1.45 bits per heavy atom. The van der Waals surface area contributed by atoms with E-state index in [-0.39, 0.29) is 30.1 Å². The van der Waals surface area contributed by atoms with Crippen LogP contribution in [0.4, 0.5) is 10.1 Å². The van der Waals surface area contributed by atoms with E-state index in [2.05, 4.69) is 10.6 Å². The number of unbranched alkanes of at least 4 members (excludes halogenated alkanes) is 3. The molecule has 0 bridgehead atoms. The Kier molecular flexibility index (Phi) is 9.23. The predicted octanol–water partition coefficient (Wildman–Crippen LogP) is 2.18. The Bertz CT molecular complexity index is 695. The number of benzene rings is 1. The van der Waals surface area contributed by atoms with Crippen LogP contribution in [0.5, 0.6) is 5.75 Å². The first-order chi connectivity index (χ1) is 13.9. The van der Waals surface area contributed by atoms with Gasteiger partial charge < -0.3 is 25.2 Å². The number of morpholine rings is 1. The Hall–Kier alpha value is -2.30. The molecule has 1 aliphatic rings. The van der Waals surface area contributed by atoms with E-state index < -0.39 is 22.5 Å². The molecule has 2 atom stereocenters. The SMILES string of the molecule is CC(O)c1c(F)ccc(OCCCCCCC(=O)NC2CNCCO2)c1[N+](=O)[O-]. The molecule has 0 spiro atoms. The van der Waals surface area contributed by atoms with E-state index in [1.807, 2.05) is 0 Å². The number of amides is 1. The summed E-state index contributed by atoms with van der Waals surface area (Å²) in [7, 11) is 0. The monoisotopic (exact) mass is 413 g/mol. The summed E-state index contributed by atoms with van der Waals surface area (Å²) in [6, 6.07) is 2.25. The van der Waals surface area contributed by atoms with Crippen LogP contribution in [0, 0.1) is 15.9 Å². The van der Waals surface area contributed by atoms with Crippen molar-refractivity contribution >= 4 is 11.6 Å². The number of ether oxygens (including phenoxy) is 2. The van der Waals surface area contributed by atoms with Crippen LogP contribution in [0.15, 0.2) is 12.1 Å². The minimum absolute atomic E-state index is 0.0532. The third kappa shape index (κ3) is 7.22. The number of hydrogen-bond donors (Lipinski definition) is 3. The summed E-state index contributed by atoms with van der Waals surface area (Å²) in [4.78, 5) is 22.4. The summed E-state index contributed by atoms with van der Waals surface area (Å²) in [6.07, 6.45) is 1.76. The largest absolute Gasteiger partial charge is 0.487 e. The number of aliphatic hydroxyl groups excluding tert-OH is 1. The van der Waals surface area contributed by atoms with E-state index >= 15 is 0 Å². The standard InChI is InChI=1S/C19H28FN3O6/c1-13(24)18-14(20)7-8-15(19(18)23(26)27)28-10-5-3-2-4-6-16(25)22-17-12-21-9-11-29-17/h7-8,13,17,21,24H,2-6,9-12H2,1H3,(H,22,25). The number of hydrogen-bond acceptors (Lipinski definition) is 7. The lowest BCUT2D eigenvalue weighted by atomic mass is 10.1. The van der Waals surface area contributed by atoms with Crippen LogP contribution in [-0.2, 0) is 9.53 Å². The highest BCUT2D eigenvalue weighted by molar-refractivity contribution is 5.76. The minimum Gasteiger partial charge on any atom is -0.487 e. The molecular formula is C19H28FN3O6. The molecule has 3 N–H and O–H groups in total. The second-order valence-corrected chi connectivity index (χ2v) is 6.88. The number of carbonyl (C=O) groups is 1. The molecule has 1 fully saturated rings. The topological polar surface area (TPSA) is 123 Å². The van der Waals surface area contributed by atoms with Gasteiger partial charge in [0.25, 0.3) is 0 Å². The van der Waals surface area contributed by atoms with Gasteiger partial charge in [-0.2, -0.15) is 0 Å². The fraction of sp³-hybridized carbons (Fsp3) is 0.632. The molecule has 10 heteroatoms. The zero-order chi connectivity index (χ0) is 21.2. The highest BCUT2D eigenvalue weighted by Crippen LogP contribution is 2.36. The highest BCUT2D eigenvalue weighted by atomic mass is 19.1. The van der Waals surface area contributed by atoms with Gasteiger partial charge in [0.05, 0.1) is 29.8 Å². The summed E-state index contributed by atoms with van der Waals surface area (Å²) in [5.41, 5.74) is -0.924. The van der Waals surface area contributed by atoms with Crippen LogP contribution in [0.3, 0.4) is 0 Å². The first-order valence-electron chi connectivity index (χ1n) is 9.79. The summed E-state index contributed by atoms with van der Waals surface area (Å²) in [5, 5.41) is 26.9. The van der Waals surface area contributed by atoms with Crippen molar-refractivity contribution in [3.8, 4) is 5.75 Å². The summed E-state index contributed by atoms with van der Waals surface area (Å²) in [6.45, 7) is 3.46. The van der Waals surface area contributed by atoms with Crippen molar-refractivity contribution in [3.05, 3.63) is 33.6 Å².